The van der Waals surface area contributed by atoms with Gasteiger partial charge in [-0.05, 0) is 42.5 Å². The van der Waals surface area contributed by atoms with Gasteiger partial charge in [0.05, 0.1) is 12.7 Å². The Bertz CT molecular complexity index is 728. The van der Waals surface area contributed by atoms with Crippen molar-refractivity contribution in [3.63, 3.8) is 0 Å². The Morgan fingerprint density at radius 3 is 2.83 bits per heavy atom. The molecule has 23 heavy (non-hydrogen) atoms. The second kappa shape index (κ2) is 6.78. The summed E-state index contributed by atoms with van der Waals surface area (Å²) >= 11 is 1.46. The molecule has 0 fully saturated rings. The van der Waals surface area contributed by atoms with Gasteiger partial charge in [0.1, 0.15) is 5.00 Å². The van der Waals surface area contributed by atoms with Crippen molar-refractivity contribution in [2.75, 3.05) is 12.4 Å². The molecule has 2 amide bonds. The predicted molar refractivity (Wildman–Crippen MR) is 87.8 cm³/mol. The highest BCUT2D eigenvalue weighted by atomic mass is 32.1. The summed E-state index contributed by atoms with van der Waals surface area (Å²) in [6.45, 7) is 0.396. The van der Waals surface area contributed by atoms with Crippen LogP contribution in [-0.4, -0.2) is 24.1 Å². The molecule has 2 aromatic rings. The average Bonchev–Trinajstić information content (AvgIpc) is 3.14. The average molecular weight is 331 g/mol. The molecule has 1 aliphatic carbocycles. The number of esters is 1. The topological polar surface area (TPSA) is 80.3 Å². The molecule has 0 saturated carbocycles. The smallest absolute Gasteiger partial charge is 0.341 e. The number of nitrogens with zero attached hydrogens (tertiary/aromatic N) is 1. The van der Waals surface area contributed by atoms with Crippen LogP contribution in [0.3, 0.4) is 0 Å². The van der Waals surface area contributed by atoms with E-state index in [2.05, 4.69) is 15.6 Å². The molecule has 0 aliphatic heterocycles. The molecule has 0 radical (unpaired) electrons. The van der Waals surface area contributed by atoms with E-state index in [-0.39, 0.29) is 6.03 Å². The third-order valence-electron chi connectivity index (χ3n) is 3.74. The van der Waals surface area contributed by atoms with E-state index in [0.29, 0.717) is 17.1 Å². The van der Waals surface area contributed by atoms with E-state index < -0.39 is 5.97 Å². The maximum absolute atomic E-state index is 12.1. The fraction of sp³-hybridized carbons (Fsp3) is 0.312. The van der Waals surface area contributed by atoms with Crippen LogP contribution in [0.25, 0.3) is 0 Å². The largest absolute Gasteiger partial charge is 0.465 e. The van der Waals surface area contributed by atoms with E-state index in [1.54, 1.807) is 12.4 Å². The first-order valence-corrected chi connectivity index (χ1v) is 8.17. The van der Waals surface area contributed by atoms with E-state index in [9.17, 15) is 9.59 Å². The van der Waals surface area contributed by atoms with Gasteiger partial charge in [0.2, 0.25) is 0 Å². The molecule has 7 heteroatoms. The van der Waals surface area contributed by atoms with Gasteiger partial charge in [-0.25, -0.2) is 9.59 Å². The number of hydrogen-bond donors (Lipinski definition) is 2. The summed E-state index contributed by atoms with van der Waals surface area (Å²) in [6.07, 6.45) is 6.20. The van der Waals surface area contributed by atoms with E-state index >= 15 is 0 Å². The minimum absolute atomic E-state index is 0.341. The molecule has 0 aromatic carbocycles. The first kappa shape index (κ1) is 15.5. The van der Waals surface area contributed by atoms with Crippen molar-refractivity contribution in [3.05, 3.63) is 46.1 Å². The number of thiophene rings is 1. The summed E-state index contributed by atoms with van der Waals surface area (Å²) in [6, 6.07) is 3.33. The Morgan fingerprint density at radius 2 is 2.09 bits per heavy atom. The third-order valence-corrected chi connectivity index (χ3v) is 4.95. The van der Waals surface area contributed by atoms with Crippen LogP contribution in [0.2, 0.25) is 0 Å². The zero-order chi connectivity index (χ0) is 16.2. The van der Waals surface area contributed by atoms with Gasteiger partial charge in [0.15, 0.2) is 0 Å². The number of fused-ring (bicyclic) bond motifs is 1. The summed E-state index contributed by atoms with van der Waals surface area (Å²) < 4.78 is 4.86. The van der Waals surface area contributed by atoms with E-state index in [1.165, 1.54) is 18.4 Å². The van der Waals surface area contributed by atoms with Crippen LogP contribution >= 0.6 is 11.3 Å². The normalized spacial score (nSPS) is 12.6. The van der Waals surface area contributed by atoms with Crippen LogP contribution in [0.1, 0.15) is 32.8 Å². The Balaban J connectivity index is 1.70. The maximum atomic E-state index is 12.1. The first-order valence-electron chi connectivity index (χ1n) is 7.35. The van der Waals surface area contributed by atoms with Crippen LogP contribution in [0.4, 0.5) is 9.80 Å². The molecular weight excluding hydrogens is 314 g/mol. The predicted octanol–water partition coefficient (Wildman–Crippen LogP) is 2.74. The van der Waals surface area contributed by atoms with Crippen molar-refractivity contribution < 1.29 is 14.3 Å². The Morgan fingerprint density at radius 1 is 1.30 bits per heavy atom. The van der Waals surface area contributed by atoms with Crippen molar-refractivity contribution >= 4 is 28.3 Å². The number of hydrogen-bond acceptors (Lipinski definition) is 5. The number of pyridine rings is 1. The van der Waals surface area contributed by atoms with Crippen LogP contribution < -0.4 is 10.6 Å². The number of carbonyl (C=O) groups is 2. The van der Waals surface area contributed by atoms with Crippen molar-refractivity contribution in [1.82, 2.24) is 10.3 Å². The van der Waals surface area contributed by atoms with Crippen molar-refractivity contribution in [2.24, 2.45) is 0 Å². The number of carbonyl (C=O) groups excluding carboxylic acids is 2. The number of aryl methyl sites for hydroxylation is 1. The quantitative estimate of drug-likeness (QED) is 0.844. The zero-order valence-corrected chi connectivity index (χ0v) is 13.5. The fourth-order valence-electron chi connectivity index (χ4n) is 2.64. The molecule has 0 bridgehead atoms. The number of anilines is 1. The van der Waals surface area contributed by atoms with Gasteiger partial charge in [0.25, 0.3) is 0 Å². The Labute approximate surface area is 137 Å². The zero-order valence-electron chi connectivity index (χ0n) is 12.7. The molecule has 2 N–H and O–H groups in total. The van der Waals surface area contributed by atoms with Crippen LogP contribution in [0.5, 0.6) is 0 Å². The van der Waals surface area contributed by atoms with Crippen LogP contribution in [0, 0.1) is 0 Å². The molecule has 6 nitrogen and oxygen atoms in total. The van der Waals surface area contributed by atoms with E-state index in [4.69, 9.17) is 4.74 Å². The molecule has 120 valence electrons. The summed E-state index contributed by atoms with van der Waals surface area (Å²) in [7, 11) is 1.36. The minimum Gasteiger partial charge on any atom is -0.465 e. The summed E-state index contributed by atoms with van der Waals surface area (Å²) in [4.78, 5) is 29.2. The highest BCUT2D eigenvalue weighted by molar-refractivity contribution is 7.17. The van der Waals surface area contributed by atoms with Crippen molar-refractivity contribution in [2.45, 2.75) is 25.8 Å². The molecule has 0 spiro atoms. The number of methoxy groups -OCH3 is 1. The highest BCUT2D eigenvalue weighted by Gasteiger charge is 2.27. The molecule has 0 saturated heterocycles. The summed E-state index contributed by atoms with van der Waals surface area (Å²) in [5.41, 5.74) is 2.48. The van der Waals surface area contributed by atoms with Gasteiger partial charge in [-0.1, -0.05) is 0 Å². The fourth-order valence-corrected chi connectivity index (χ4v) is 3.91. The minimum atomic E-state index is -0.395. The second-order valence-corrected chi connectivity index (χ2v) is 6.32. The first-order chi connectivity index (χ1) is 11.2. The van der Waals surface area contributed by atoms with Gasteiger partial charge in [-0.2, -0.15) is 0 Å². The molecule has 3 rings (SSSR count). The van der Waals surface area contributed by atoms with Crippen LogP contribution in [0.15, 0.2) is 24.5 Å². The SMILES string of the molecule is COC(=O)c1c(NC(=O)NCc2ccncc2)sc2c1CCC2. The number of amides is 2. The third kappa shape index (κ3) is 3.34. The van der Waals surface area contributed by atoms with E-state index in [0.717, 1.165) is 35.3 Å². The second-order valence-electron chi connectivity index (χ2n) is 5.22. The number of nitrogens with one attached hydrogen (secondary N) is 2. The molecule has 0 unspecified atom stereocenters. The van der Waals surface area contributed by atoms with Crippen LogP contribution in [-0.2, 0) is 24.1 Å². The monoisotopic (exact) mass is 331 g/mol. The molecule has 2 heterocycles. The van der Waals surface area contributed by atoms with Gasteiger partial charge < -0.3 is 10.1 Å². The van der Waals surface area contributed by atoms with E-state index in [1.807, 2.05) is 12.1 Å². The lowest BCUT2D eigenvalue weighted by Gasteiger charge is -2.08. The maximum Gasteiger partial charge on any atom is 0.341 e. The molecule has 1 aliphatic rings. The lowest BCUT2D eigenvalue weighted by Crippen LogP contribution is -2.28. The Hall–Kier alpha value is -2.41. The van der Waals surface area contributed by atoms with Crippen molar-refractivity contribution in [3.8, 4) is 0 Å². The number of ether oxygens (including phenoxy) is 1. The lowest BCUT2D eigenvalue weighted by atomic mass is 10.1. The number of urea groups is 1. The van der Waals surface area contributed by atoms with Gasteiger partial charge >= 0.3 is 12.0 Å². The Kier molecular flexibility index (Phi) is 4.57. The standard InChI is InChI=1S/C16H17N3O3S/c1-22-15(20)13-11-3-2-4-12(11)23-14(13)19-16(21)18-9-10-5-7-17-8-6-10/h5-8H,2-4,9H2,1H3,(H2,18,19,21). The van der Waals surface area contributed by atoms with Gasteiger partial charge in [0, 0.05) is 23.8 Å². The summed E-state index contributed by atoms with van der Waals surface area (Å²) in [5, 5.41) is 6.11. The lowest BCUT2D eigenvalue weighted by molar-refractivity contribution is 0.0601. The molecule has 0 atom stereocenters. The highest BCUT2D eigenvalue weighted by Crippen LogP contribution is 2.39. The van der Waals surface area contributed by atoms with Gasteiger partial charge in [-0.3, -0.25) is 10.3 Å². The van der Waals surface area contributed by atoms with Crippen molar-refractivity contribution in [1.29, 1.82) is 0 Å². The van der Waals surface area contributed by atoms with Gasteiger partial charge in [-0.15, -0.1) is 11.3 Å². The number of aromatic nitrogens is 1. The number of rotatable bonds is 4. The summed E-state index contributed by atoms with van der Waals surface area (Å²) in [5.74, 6) is -0.395. The molecule has 2 aromatic heterocycles. The molecular formula is C16H17N3O3S.